The van der Waals surface area contributed by atoms with E-state index in [1.807, 2.05) is 44.2 Å². The Morgan fingerprint density at radius 2 is 1.89 bits per heavy atom. The van der Waals surface area contributed by atoms with Gasteiger partial charge in [0.05, 0.1) is 15.0 Å². The predicted molar refractivity (Wildman–Crippen MR) is 114 cm³/mol. The molecule has 5 nitrogen and oxygen atoms in total. The van der Waals surface area contributed by atoms with Gasteiger partial charge in [0.1, 0.15) is 11.8 Å². The predicted octanol–water partition coefficient (Wildman–Crippen LogP) is 6.28. The first kappa shape index (κ1) is 22.1. The third-order valence-corrected chi connectivity index (χ3v) is 4.61. The molecule has 0 saturated heterocycles. The molecule has 2 unspecified atom stereocenters. The maximum Gasteiger partial charge on any atom is 0.311 e. The molecule has 1 aromatic carbocycles. The van der Waals surface area contributed by atoms with E-state index in [1.54, 1.807) is 30.3 Å². The molecule has 0 amide bonds. The van der Waals surface area contributed by atoms with Crippen molar-refractivity contribution in [2.24, 2.45) is 11.8 Å². The van der Waals surface area contributed by atoms with Crippen molar-refractivity contribution in [1.82, 2.24) is 4.98 Å². The van der Waals surface area contributed by atoms with E-state index in [1.165, 1.54) is 0 Å². The van der Waals surface area contributed by atoms with E-state index < -0.39 is 12.1 Å². The summed E-state index contributed by atoms with van der Waals surface area (Å²) in [4.78, 5) is 16.9. The summed E-state index contributed by atoms with van der Waals surface area (Å²) >= 11 is 6.57. The first-order valence-electron chi connectivity index (χ1n) is 8.71. The molecule has 0 aliphatic rings. The van der Waals surface area contributed by atoms with Crippen LogP contribution in [0.3, 0.4) is 0 Å². The lowest BCUT2D eigenvalue weighted by Crippen LogP contribution is -2.24. The second-order valence-electron chi connectivity index (χ2n) is 6.34. The highest BCUT2D eigenvalue weighted by Gasteiger charge is 2.27. The molecule has 0 fully saturated rings. The summed E-state index contributed by atoms with van der Waals surface area (Å²) in [5.74, 6) is 0.208. The van der Waals surface area contributed by atoms with Gasteiger partial charge in [-0.3, -0.25) is 4.79 Å². The normalized spacial score (nSPS) is 12.6. The maximum atomic E-state index is 12.6. The number of halogens is 2. The van der Waals surface area contributed by atoms with Crippen LogP contribution in [0.2, 0.25) is 0 Å². The molecule has 1 heterocycles. The van der Waals surface area contributed by atoms with E-state index in [9.17, 15) is 10.1 Å². The lowest BCUT2D eigenvalue weighted by molar-refractivity contribution is -0.153. The minimum absolute atomic E-state index is 0.0585. The lowest BCUT2D eigenvalue weighted by Gasteiger charge is -2.20. The molecule has 28 heavy (non-hydrogen) atoms. The van der Waals surface area contributed by atoms with Crippen LogP contribution in [-0.4, -0.2) is 11.0 Å². The van der Waals surface area contributed by atoms with Crippen LogP contribution in [0.5, 0.6) is 11.6 Å². The Balaban J connectivity index is 2.14. The van der Waals surface area contributed by atoms with E-state index >= 15 is 0 Å². The van der Waals surface area contributed by atoms with Gasteiger partial charge in [0.15, 0.2) is 0 Å². The number of nitrogens with zero attached hydrogens (tertiary/aromatic N) is 2. The summed E-state index contributed by atoms with van der Waals surface area (Å²) < 4.78 is 11.9. The van der Waals surface area contributed by atoms with Gasteiger partial charge in [-0.1, -0.05) is 44.2 Å². The standard InChI is InChI=1S/C21H20Br2N2O3/c1-14(2)16(11-12-19(22)23)21(26)28-18(13-24)17-9-6-10-20(25-17)27-15-7-4-3-5-8-15/h3-10,12,14,16,18H,11H2,1-2H3. The van der Waals surface area contributed by atoms with Crippen LogP contribution in [-0.2, 0) is 9.53 Å². The van der Waals surface area contributed by atoms with Gasteiger partial charge in [0.25, 0.3) is 0 Å². The Kier molecular flexibility index (Phi) is 8.68. The second-order valence-corrected chi connectivity index (χ2v) is 9.11. The van der Waals surface area contributed by atoms with Crippen molar-refractivity contribution in [1.29, 1.82) is 5.26 Å². The van der Waals surface area contributed by atoms with Crippen molar-refractivity contribution < 1.29 is 14.3 Å². The molecule has 0 saturated carbocycles. The Hall–Kier alpha value is -2.17. The number of allylic oxidation sites excluding steroid dienone is 1. The zero-order chi connectivity index (χ0) is 20.5. The summed E-state index contributed by atoms with van der Waals surface area (Å²) in [6.45, 7) is 3.88. The van der Waals surface area contributed by atoms with E-state index in [2.05, 4.69) is 36.8 Å². The Morgan fingerprint density at radius 3 is 2.50 bits per heavy atom. The van der Waals surface area contributed by atoms with Crippen LogP contribution in [0.15, 0.2) is 58.0 Å². The number of aromatic nitrogens is 1. The van der Waals surface area contributed by atoms with Crippen molar-refractivity contribution in [2.45, 2.75) is 26.4 Å². The van der Waals surface area contributed by atoms with Gasteiger partial charge in [0.2, 0.25) is 12.0 Å². The molecule has 0 radical (unpaired) electrons. The fraction of sp³-hybridized carbons (Fsp3) is 0.286. The van der Waals surface area contributed by atoms with Crippen LogP contribution in [0.25, 0.3) is 0 Å². The van der Waals surface area contributed by atoms with Gasteiger partial charge in [-0.2, -0.15) is 5.26 Å². The van der Waals surface area contributed by atoms with Crippen LogP contribution in [0.4, 0.5) is 0 Å². The zero-order valence-corrected chi connectivity index (χ0v) is 18.7. The molecular weight excluding hydrogens is 488 g/mol. The van der Waals surface area contributed by atoms with Crippen LogP contribution < -0.4 is 4.74 Å². The number of carbonyl (C=O) groups excluding carboxylic acids is 1. The van der Waals surface area contributed by atoms with Crippen LogP contribution in [0.1, 0.15) is 32.1 Å². The minimum atomic E-state index is -1.11. The van der Waals surface area contributed by atoms with Crippen molar-refractivity contribution >= 4 is 37.8 Å². The molecule has 0 aliphatic carbocycles. The monoisotopic (exact) mass is 506 g/mol. The SMILES string of the molecule is CC(C)C(CC=C(Br)Br)C(=O)OC(C#N)c1cccc(Oc2ccccc2)n1. The van der Waals surface area contributed by atoms with Crippen LogP contribution in [0, 0.1) is 23.2 Å². The summed E-state index contributed by atoms with van der Waals surface area (Å²) in [6.07, 6.45) is 1.23. The first-order valence-corrected chi connectivity index (χ1v) is 10.3. The fourth-order valence-corrected chi connectivity index (χ4v) is 2.83. The number of para-hydroxylation sites is 1. The molecule has 2 rings (SSSR count). The number of esters is 1. The van der Waals surface area contributed by atoms with Crippen molar-refractivity contribution in [3.8, 4) is 17.7 Å². The Labute approximate surface area is 181 Å². The first-order chi connectivity index (χ1) is 13.4. The van der Waals surface area contributed by atoms with Gasteiger partial charge in [-0.15, -0.1) is 0 Å². The van der Waals surface area contributed by atoms with Crippen molar-refractivity contribution in [3.63, 3.8) is 0 Å². The second kappa shape index (κ2) is 11.0. The van der Waals surface area contributed by atoms with Gasteiger partial charge >= 0.3 is 5.97 Å². The number of rotatable bonds is 8. The molecule has 2 atom stereocenters. The lowest BCUT2D eigenvalue weighted by atomic mass is 9.92. The number of ether oxygens (including phenoxy) is 2. The highest BCUT2D eigenvalue weighted by Crippen LogP contribution is 2.26. The van der Waals surface area contributed by atoms with Crippen LogP contribution >= 0.6 is 31.9 Å². The number of hydrogen-bond acceptors (Lipinski definition) is 5. The highest BCUT2D eigenvalue weighted by atomic mass is 79.9. The molecule has 0 N–H and O–H groups in total. The fourth-order valence-electron chi connectivity index (χ4n) is 2.46. The van der Waals surface area contributed by atoms with E-state index in [4.69, 9.17) is 9.47 Å². The van der Waals surface area contributed by atoms with Gasteiger partial charge < -0.3 is 9.47 Å². The Morgan fingerprint density at radius 1 is 1.18 bits per heavy atom. The minimum Gasteiger partial charge on any atom is -0.440 e. The number of carbonyl (C=O) groups is 1. The average Bonchev–Trinajstić information content (AvgIpc) is 2.66. The van der Waals surface area contributed by atoms with E-state index in [0.29, 0.717) is 23.7 Å². The molecule has 0 aliphatic heterocycles. The largest absolute Gasteiger partial charge is 0.440 e. The zero-order valence-electron chi connectivity index (χ0n) is 15.5. The number of hydrogen-bond donors (Lipinski definition) is 0. The summed E-state index contributed by atoms with van der Waals surface area (Å²) in [5, 5.41) is 9.51. The molecular formula is C21H20Br2N2O3. The number of pyridine rings is 1. The molecule has 146 valence electrons. The van der Waals surface area contributed by atoms with Crippen molar-refractivity contribution in [3.05, 3.63) is 63.7 Å². The summed E-state index contributed by atoms with van der Waals surface area (Å²) in [5.41, 5.74) is 0.323. The third kappa shape index (κ3) is 6.77. The molecule has 2 aromatic rings. The summed E-state index contributed by atoms with van der Waals surface area (Å²) in [7, 11) is 0. The number of nitriles is 1. The maximum absolute atomic E-state index is 12.6. The quantitative estimate of drug-likeness (QED) is 0.393. The Bertz CT molecular complexity index is 859. The molecule has 0 spiro atoms. The molecule has 7 heteroatoms. The smallest absolute Gasteiger partial charge is 0.311 e. The molecule has 0 bridgehead atoms. The van der Waals surface area contributed by atoms with Gasteiger partial charge in [-0.25, -0.2) is 4.98 Å². The number of benzene rings is 1. The van der Waals surface area contributed by atoms with Crippen molar-refractivity contribution in [2.75, 3.05) is 0 Å². The summed E-state index contributed by atoms with van der Waals surface area (Å²) in [6, 6.07) is 16.2. The topological polar surface area (TPSA) is 72.2 Å². The van der Waals surface area contributed by atoms with Gasteiger partial charge in [0, 0.05) is 6.07 Å². The third-order valence-electron chi connectivity index (χ3n) is 3.96. The van der Waals surface area contributed by atoms with E-state index in [-0.39, 0.29) is 11.8 Å². The highest BCUT2D eigenvalue weighted by molar-refractivity contribution is 9.28. The van der Waals surface area contributed by atoms with E-state index in [0.717, 1.165) is 3.39 Å². The molecule has 1 aromatic heterocycles. The average molecular weight is 508 g/mol. The van der Waals surface area contributed by atoms with Gasteiger partial charge in [-0.05, 0) is 62.4 Å².